The molecule has 2 bridgehead atoms. The molecule has 2 aromatic rings. The van der Waals surface area contributed by atoms with Crippen LogP contribution < -0.4 is 9.64 Å². The second-order valence-corrected chi connectivity index (χ2v) is 17.9. The molecule has 2 aliphatic heterocycles. The van der Waals surface area contributed by atoms with Crippen molar-refractivity contribution in [1.82, 2.24) is 0 Å². The van der Waals surface area contributed by atoms with Gasteiger partial charge in [-0.25, -0.2) is 4.21 Å². The summed E-state index contributed by atoms with van der Waals surface area (Å²) in [6.07, 6.45) is 4.19. The zero-order chi connectivity index (χ0) is 35.3. The standard InChI is InChI=1S/C38H44ClF3N2O5S/c1-48-33-7-3-2-4-17-50(47,22-29(45)20-37(15-16-37)38(40,41)42)43-35(46)26-9-13-34-32(19-26)44(21-27-8-11-30(27)33)23-36(24-49-34)14-5-6-25-18-28(39)10-12-31(25)36/h3,7,9-10,12-13,18-19,27,30,33H,2,4-6,8,11,14-17,20-24H2,1H3/b7-3+/t27-,30+,33-,36-,50+/m0/s1. The highest BCUT2D eigenvalue weighted by Crippen LogP contribution is 2.60. The van der Waals surface area contributed by atoms with Crippen LogP contribution in [0, 0.1) is 17.3 Å². The molecule has 1 amide bonds. The van der Waals surface area contributed by atoms with Gasteiger partial charge in [-0.3, -0.25) is 9.59 Å². The van der Waals surface area contributed by atoms with Gasteiger partial charge in [0.15, 0.2) is 0 Å². The molecule has 0 radical (unpaired) electrons. The third-order valence-corrected chi connectivity index (χ3v) is 14.1. The number of aryl methyl sites for hydroxylation is 1. The van der Waals surface area contributed by atoms with Gasteiger partial charge in [0.25, 0.3) is 5.91 Å². The van der Waals surface area contributed by atoms with E-state index in [-0.39, 0.29) is 41.6 Å². The summed E-state index contributed by atoms with van der Waals surface area (Å²) >= 11 is 6.42. The summed E-state index contributed by atoms with van der Waals surface area (Å²) in [7, 11) is -1.79. The van der Waals surface area contributed by atoms with Crippen LogP contribution >= 0.6 is 11.6 Å². The first-order valence-electron chi connectivity index (χ1n) is 17.7. The fourth-order valence-corrected chi connectivity index (χ4v) is 10.7. The number of methoxy groups -OCH3 is 1. The van der Waals surface area contributed by atoms with Gasteiger partial charge in [0, 0.05) is 48.4 Å². The third-order valence-electron chi connectivity index (χ3n) is 11.7. The Morgan fingerprint density at radius 3 is 2.68 bits per heavy atom. The first kappa shape index (κ1) is 35.5. The fourth-order valence-electron chi connectivity index (χ4n) is 8.58. The van der Waals surface area contributed by atoms with E-state index in [9.17, 15) is 27.0 Å². The molecule has 2 aromatic carbocycles. The lowest BCUT2D eigenvalue weighted by molar-refractivity contribution is -0.189. The van der Waals surface area contributed by atoms with Gasteiger partial charge in [0.2, 0.25) is 0 Å². The SMILES string of the molecule is CO[C@H]1/C=C/CCC[S@@](=O)(CC(=O)CC2(C(F)(F)F)CC2)=NC(=O)c2ccc3c(c2)N(C[C@@H]2CC[C@H]21)C[C@@]1(CCCc2cc(Cl)ccc21)CO3. The minimum absolute atomic E-state index is 0.0797. The zero-order valence-electron chi connectivity index (χ0n) is 28.3. The predicted octanol–water partition coefficient (Wildman–Crippen LogP) is 8.11. The molecule has 270 valence electrons. The highest BCUT2D eigenvalue weighted by molar-refractivity contribution is 7.94. The Morgan fingerprint density at radius 2 is 1.96 bits per heavy atom. The van der Waals surface area contributed by atoms with Crippen molar-refractivity contribution in [2.75, 3.05) is 43.2 Å². The summed E-state index contributed by atoms with van der Waals surface area (Å²) in [5, 5.41) is 0.706. The van der Waals surface area contributed by atoms with Crippen molar-refractivity contribution >= 4 is 38.7 Å². The maximum absolute atomic E-state index is 14.2. The van der Waals surface area contributed by atoms with Crippen LogP contribution in [0.1, 0.15) is 79.3 Å². The van der Waals surface area contributed by atoms with E-state index in [1.54, 1.807) is 25.3 Å². The average molecular weight is 733 g/mol. The molecule has 1 spiro atoms. The minimum Gasteiger partial charge on any atom is -0.490 e. The van der Waals surface area contributed by atoms with Gasteiger partial charge in [-0.15, -0.1) is 0 Å². The highest BCUT2D eigenvalue weighted by atomic mass is 35.5. The Bertz CT molecular complexity index is 1820. The number of benzene rings is 2. The molecule has 5 atom stereocenters. The van der Waals surface area contributed by atoms with Crippen LogP contribution in [0.4, 0.5) is 18.9 Å². The number of hydrogen-bond acceptors (Lipinski definition) is 6. The van der Waals surface area contributed by atoms with E-state index in [0.29, 0.717) is 42.7 Å². The molecule has 0 aromatic heterocycles. The predicted molar refractivity (Wildman–Crippen MR) is 188 cm³/mol. The number of ether oxygens (including phenoxy) is 2. The van der Waals surface area contributed by atoms with E-state index in [1.807, 2.05) is 18.2 Å². The highest BCUT2D eigenvalue weighted by Gasteiger charge is 2.63. The largest absolute Gasteiger partial charge is 0.490 e. The van der Waals surface area contributed by atoms with Crippen LogP contribution in [0.2, 0.25) is 5.02 Å². The van der Waals surface area contributed by atoms with Crippen LogP contribution in [-0.4, -0.2) is 66.5 Å². The summed E-state index contributed by atoms with van der Waals surface area (Å²) in [5.74, 6) is -1.02. The number of nitrogens with zero attached hydrogens (tertiary/aromatic N) is 2. The summed E-state index contributed by atoms with van der Waals surface area (Å²) in [6.45, 7) is 1.84. The monoisotopic (exact) mass is 732 g/mol. The maximum Gasteiger partial charge on any atom is 0.394 e. The third kappa shape index (κ3) is 6.98. The number of halogens is 4. The van der Waals surface area contributed by atoms with Gasteiger partial charge in [-0.05, 0) is 111 Å². The lowest BCUT2D eigenvalue weighted by Gasteiger charge is -2.46. The number of rotatable bonds is 5. The molecule has 7 nitrogen and oxygen atoms in total. The molecule has 12 heteroatoms. The molecular formula is C38H44ClF3N2O5S. The quantitative estimate of drug-likeness (QED) is 0.289. The van der Waals surface area contributed by atoms with Crippen LogP contribution in [0.3, 0.4) is 0 Å². The lowest BCUT2D eigenvalue weighted by Crippen LogP contribution is -2.49. The van der Waals surface area contributed by atoms with Crippen molar-refractivity contribution in [2.24, 2.45) is 21.6 Å². The van der Waals surface area contributed by atoms with E-state index in [4.69, 9.17) is 21.1 Å². The molecule has 7 rings (SSSR count). The Labute approximate surface area is 297 Å². The summed E-state index contributed by atoms with van der Waals surface area (Å²) in [6, 6.07) is 11.2. The van der Waals surface area contributed by atoms with Gasteiger partial charge in [0.05, 0.1) is 39.3 Å². The normalized spacial score (nSPS) is 31.3. The Morgan fingerprint density at radius 1 is 1.14 bits per heavy atom. The molecule has 3 aliphatic carbocycles. The van der Waals surface area contributed by atoms with E-state index in [1.165, 1.54) is 11.1 Å². The van der Waals surface area contributed by atoms with E-state index < -0.39 is 45.2 Å². The second-order valence-electron chi connectivity index (χ2n) is 15.1. The van der Waals surface area contributed by atoms with Crippen LogP contribution in [0.25, 0.3) is 0 Å². The van der Waals surface area contributed by atoms with E-state index in [2.05, 4.69) is 21.4 Å². The number of hydrogen-bond donors (Lipinski definition) is 0. The van der Waals surface area contributed by atoms with Crippen molar-refractivity contribution in [3.05, 3.63) is 70.3 Å². The summed E-state index contributed by atoms with van der Waals surface area (Å²) < 4.78 is 71.9. The number of Topliss-reactive ketones (excluding diaryl/α,β-unsaturated/α-hetero) is 1. The van der Waals surface area contributed by atoms with E-state index in [0.717, 1.165) is 44.3 Å². The summed E-state index contributed by atoms with van der Waals surface area (Å²) in [5.41, 5.74) is 1.03. The van der Waals surface area contributed by atoms with Crippen molar-refractivity contribution in [3.8, 4) is 5.75 Å². The number of carbonyl (C=O) groups is 2. The zero-order valence-corrected chi connectivity index (χ0v) is 29.9. The van der Waals surface area contributed by atoms with Crippen LogP contribution in [0.15, 0.2) is 52.9 Å². The fraction of sp³-hybridized carbons (Fsp3) is 0.579. The number of ketones is 1. The maximum atomic E-state index is 14.2. The number of anilines is 1. The van der Waals surface area contributed by atoms with E-state index >= 15 is 0 Å². The van der Waals surface area contributed by atoms with Crippen molar-refractivity contribution in [2.45, 2.75) is 81.9 Å². The lowest BCUT2D eigenvalue weighted by atomic mass is 9.68. The van der Waals surface area contributed by atoms with Gasteiger partial charge < -0.3 is 14.4 Å². The molecule has 5 aliphatic rings. The van der Waals surface area contributed by atoms with Gasteiger partial charge in [-0.1, -0.05) is 29.8 Å². The van der Waals surface area contributed by atoms with Crippen molar-refractivity contribution < 1.29 is 36.4 Å². The number of alkyl halides is 3. The molecule has 2 fully saturated rings. The Balaban J connectivity index is 1.26. The molecule has 0 N–H and O–H groups in total. The number of amides is 1. The first-order chi connectivity index (χ1) is 23.8. The first-order valence-corrected chi connectivity index (χ1v) is 19.9. The second kappa shape index (κ2) is 13.6. The number of fused-ring (bicyclic) bond motifs is 4. The summed E-state index contributed by atoms with van der Waals surface area (Å²) in [4.78, 5) is 29.2. The van der Waals surface area contributed by atoms with Gasteiger partial charge in [-0.2, -0.15) is 17.5 Å². The number of carbonyl (C=O) groups excluding carboxylic acids is 2. The minimum atomic E-state index is -4.51. The molecule has 2 saturated carbocycles. The van der Waals surface area contributed by atoms with Crippen molar-refractivity contribution in [3.63, 3.8) is 0 Å². The number of allylic oxidation sites excluding steroid dienone is 1. The smallest absolute Gasteiger partial charge is 0.394 e. The molecular weight excluding hydrogens is 689 g/mol. The van der Waals surface area contributed by atoms with Gasteiger partial charge in [0.1, 0.15) is 11.5 Å². The molecule has 0 saturated heterocycles. The van der Waals surface area contributed by atoms with Crippen LogP contribution in [-0.2, 0) is 31.1 Å². The Kier molecular flexibility index (Phi) is 9.65. The Hall–Kier alpha value is -2.89. The van der Waals surface area contributed by atoms with Crippen LogP contribution in [0.5, 0.6) is 5.75 Å². The topological polar surface area (TPSA) is 85.3 Å². The van der Waals surface area contributed by atoms with Crippen molar-refractivity contribution in [1.29, 1.82) is 0 Å². The molecule has 2 heterocycles. The molecule has 0 unspecified atom stereocenters. The van der Waals surface area contributed by atoms with Gasteiger partial charge >= 0.3 is 6.18 Å². The average Bonchev–Trinajstić information content (AvgIpc) is 3.86. The molecule has 50 heavy (non-hydrogen) atoms.